The summed E-state index contributed by atoms with van der Waals surface area (Å²) >= 11 is 0. The molecule has 0 aliphatic carbocycles. The summed E-state index contributed by atoms with van der Waals surface area (Å²) in [6.07, 6.45) is -0.735. The van der Waals surface area contributed by atoms with E-state index in [-0.39, 0.29) is 54.9 Å². The molecular weight excluding hydrogens is 514 g/mol. The summed E-state index contributed by atoms with van der Waals surface area (Å²) in [6, 6.07) is 12.8. The van der Waals surface area contributed by atoms with Gasteiger partial charge in [-0.1, -0.05) is 12.1 Å². The van der Waals surface area contributed by atoms with Crippen molar-refractivity contribution < 1.29 is 19.0 Å². The minimum absolute atomic E-state index is 0. The van der Waals surface area contributed by atoms with Crippen LogP contribution in [0.5, 0.6) is 5.75 Å². The highest BCUT2D eigenvalue weighted by atomic mass is 127. The van der Waals surface area contributed by atoms with Gasteiger partial charge in [0.2, 0.25) is 5.91 Å². The SMILES string of the molecule is CCNC(=NCC(=O)Nc1ccc(F)cc1)NCC(O)c1cccc(OC(C)C)c1.I. The molecule has 1 atom stereocenters. The maximum atomic E-state index is 12.9. The van der Waals surface area contributed by atoms with Gasteiger partial charge in [-0.3, -0.25) is 4.79 Å². The lowest BCUT2D eigenvalue weighted by Crippen LogP contribution is -2.40. The molecule has 9 heteroatoms. The van der Waals surface area contributed by atoms with Crippen LogP contribution >= 0.6 is 24.0 Å². The van der Waals surface area contributed by atoms with E-state index >= 15 is 0 Å². The van der Waals surface area contributed by atoms with Gasteiger partial charge < -0.3 is 25.8 Å². The monoisotopic (exact) mass is 544 g/mol. The van der Waals surface area contributed by atoms with Crippen LogP contribution in [0.25, 0.3) is 0 Å². The van der Waals surface area contributed by atoms with Crippen LogP contribution in [-0.4, -0.2) is 42.7 Å². The number of carbonyl (C=O) groups excluding carboxylic acids is 1. The zero-order chi connectivity index (χ0) is 21.9. The molecule has 2 rings (SSSR count). The van der Waals surface area contributed by atoms with Gasteiger partial charge in [0.15, 0.2) is 5.96 Å². The third-order valence-corrected chi connectivity index (χ3v) is 3.93. The number of ether oxygens (including phenoxy) is 1. The van der Waals surface area contributed by atoms with Crippen molar-refractivity contribution in [3.05, 3.63) is 59.9 Å². The lowest BCUT2D eigenvalue weighted by Gasteiger charge is -2.17. The van der Waals surface area contributed by atoms with E-state index in [0.717, 1.165) is 0 Å². The molecule has 0 spiro atoms. The number of guanidine groups is 1. The van der Waals surface area contributed by atoms with Gasteiger partial charge >= 0.3 is 0 Å². The molecule has 2 aromatic rings. The minimum atomic E-state index is -0.780. The Morgan fingerprint density at radius 3 is 2.52 bits per heavy atom. The number of anilines is 1. The van der Waals surface area contributed by atoms with Gasteiger partial charge in [-0.05, 0) is 62.7 Å². The average Bonchev–Trinajstić information content (AvgIpc) is 2.71. The molecule has 0 heterocycles. The van der Waals surface area contributed by atoms with Crippen molar-refractivity contribution in [1.29, 1.82) is 0 Å². The van der Waals surface area contributed by atoms with Gasteiger partial charge in [0.1, 0.15) is 18.1 Å². The van der Waals surface area contributed by atoms with Crippen LogP contribution in [-0.2, 0) is 4.79 Å². The molecule has 0 fully saturated rings. The molecule has 7 nitrogen and oxygen atoms in total. The van der Waals surface area contributed by atoms with E-state index in [2.05, 4.69) is 20.9 Å². The molecule has 1 amide bonds. The van der Waals surface area contributed by atoms with Crippen molar-refractivity contribution in [2.45, 2.75) is 33.0 Å². The van der Waals surface area contributed by atoms with Gasteiger partial charge in [0.25, 0.3) is 0 Å². The maximum absolute atomic E-state index is 12.9. The first kappa shape index (κ1) is 26.6. The van der Waals surface area contributed by atoms with Crippen molar-refractivity contribution in [2.24, 2.45) is 4.99 Å². The van der Waals surface area contributed by atoms with Crippen molar-refractivity contribution in [3.8, 4) is 5.75 Å². The Bertz CT molecular complexity index is 847. The molecule has 0 aromatic heterocycles. The van der Waals surface area contributed by atoms with E-state index in [0.29, 0.717) is 29.5 Å². The molecule has 0 radical (unpaired) electrons. The van der Waals surface area contributed by atoms with Crippen LogP contribution in [0.4, 0.5) is 10.1 Å². The lowest BCUT2D eigenvalue weighted by molar-refractivity contribution is -0.114. The summed E-state index contributed by atoms with van der Waals surface area (Å²) in [5.41, 5.74) is 1.21. The number of hydrogen-bond acceptors (Lipinski definition) is 4. The Kier molecular flexibility index (Phi) is 11.9. The highest BCUT2D eigenvalue weighted by Gasteiger charge is 2.11. The molecule has 0 saturated carbocycles. The second-order valence-electron chi connectivity index (χ2n) is 6.89. The summed E-state index contributed by atoms with van der Waals surface area (Å²) in [4.78, 5) is 16.3. The van der Waals surface area contributed by atoms with Crippen molar-refractivity contribution in [1.82, 2.24) is 10.6 Å². The predicted molar refractivity (Wildman–Crippen MR) is 132 cm³/mol. The van der Waals surface area contributed by atoms with Crippen LogP contribution in [0.3, 0.4) is 0 Å². The van der Waals surface area contributed by atoms with E-state index in [4.69, 9.17) is 4.74 Å². The average molecular weight is 544 g/mol. The molecule has 0 bridgehead atoms. The van der Waals surface area contributed by atoms with Crippen molar-refractivity contribution >= 4 is 41.5 Å². The number of nitrogens with one attached hydrogen (secondary N) is 3. The Hall–Kier alpha value is -2.40. The summed E-state index contributed by atoms with van der Waals surface area (Å²) in [7, 11) is 0. The minimum Gasteiger partial charge on any atom is -0.491 e. The number of aliphatic imine (C=N–C) groups is 1. The van der Waals surface area contributed by atoms with Crippen LogP contribution < -0.4 is 20.7 Å². The summed E-state index contributed by atoms with van der Waals surface area (Å²) < 4.78 is 18.6. The third kappa shape index (κ3) is 9.97. The highest BCUT2D eigenvalue weighted by Crippen LogP contribution is 2.19. The van der Waals surface area contributed by atoms with E-state index in [1.54, 1.807) is 6.07 Å². The molecule has 0 aliphatic heterocycles. The number of rotatable bonds is 9. The molecular formula is C22H30FIN4O3. The number of nitrogens with zero attached hydrogens (tertiary/aromatic N) is 1. The molecule has 170 valence electrons. The maximum Gasteiger partial charge on any atom is 0.246 e. The van der Waals surface area contributed by atoms with E-state index in [1.165, 1.54) is 24.3 Å². The van der Waals surface area contributed by atoms with E-state index < -0.39 is 6.10 Å². The zero-order valence-corrected chi connectivity index (χ0v) is 20.2. The number of carbonyl (C=O) groups is 1. The summed E-state index contributed by atoms with van der Waals surface area (Å²) in [5, 5.41) is 19.2. The number of hydrogen-bond donors (Lipinski definition) is 4. The fourth-order valence-electron chi connectivity index (χ4n) is 2.60. The number of amides is 1. The standard InChI is InChI=1S/C22H29FN4O3.HI/c1-4-24-22(26-14-21(29)27-18-10-8-17(23)9-11-18)25-13-20(28)16-6-5-7-19(12-16)30-15(2)3;/h5-12,15,20,28H,4,13-14H2,1-3H3,(H,27,29)(H2,24,25,26);1H. The van der Waals surface area contributed by atoms with Gasteiger partial charge in [-0.25, -0.2) is 9.38 Å². The van der Waals surface area contributed by atoms with Gasteiger partial charge in [0.05, 0.1) is 12.2 Å². The highest BCUT2D eigenvalue weighted by molar-refractivity contribution is 14.0. The Balaban J connectivity index is 0.00000480. The quantitative estimate of drug-likeness (QED) is 0.221. The zero-order valence-electron chi connectivity index (χ0n) is 17.9. The van der Waals surface area contributed by atoms with E-state index in [9.17, 15) is 14.3 Å². The van der Waals surface area contributed by atoms with Crippen LogP contribution in [0.15, 0.2) is 53.5 Å². The first-order valence-corrected chi connectivity index (χ1v) is 9.89. The number of halogens is 2. The largest absolute Gasteiger partial charge is 0.491 e. The van der Waals surface area contributed by atoms with Gasteiger partial charge in [-0.2, -0.15) is 0 Å². The van der Waals surface area contributed by atoms with Crippen LogP contribution in [0.2, 0.25) is 0 Å². The number of aliphatic hydroxyl groups is 1. The molecule has 4 N–H and O–H groups in total. The summed E-state index contributed by atoms with van der Waals surface area (Å²) in [5.74, 6) is 0.391. The molecule has 2 aromatic carbocycles. The first-order chi connectivity index (χ1) is 14.4. The second kappa shape index (κ2) is 13.8. The summed E-state index contributed by atoms with van der Waals surface area (Å²) in [6.45, 7) is 6.46. The van der Waals surface area contributed by atoms with Crippen molar-refractivity contribution in [2.75, 3.05) is 25.0 Å². The Morgan fingerprint density at radius 2 is 1.87 bits per heavy atom. The third-order valence-electron chi connectivity index (χ3n) is 3.93. The Morgan fingerprint density at radius 1 is 1.16 bits per heavy atom. The molecule has 1 unspecified atom stereocenters. The van der Waals surface area contributed by atoms with Crippen LogP contribution in [0.1, 0.15) is 32.4 Å². The van der Waals surface area contributed by atoms with E-state index in [1.807, 2.05) is 39.0 Å². The first-order valence-electron chi connectivity index (χ1n) is 9.89. The second-order valence-corrected chi connectivity index (χ2v) is 6.89. The van der Waals surface area contributed by atoms with Gasteiger partial charge in [-0.15, -0.1) is 24.0 Å². The fraction of sp³-hybridized carbons (Fsp3) is 0.364. The topological polar surface area (TPSA) is 95.0 Å². The Labute approximate surface area is 199 Å². The molecule has 0 saturated heterocycles. The van der Waals surface area contributed by atoms with Crippen molar-refractivity contribution in [3.63, 3.8) is 0 Å². The fourth-order valence-corrected chi connectivity index (χ4v) is 2.60. The number of aliphatic hydroxyl groups excluding tert-OH is 1. The number of benzene rings is 2. The predicted octanol–water partition coefficient (Wildman–Crippen LogP) is 3.46. The van der Waals surface area contributed by atoms with Crippen LogP contribution in [0, 0.1) is 5.82 Å². The normalized spacial score (nSPS) is 12.0. The molecule has 31 heavy (non-hydrogen) atoms. The smallest absolute Gasteiger partial charge is 0.246 e. The molecule has 0 aliphatic rings. The van der Waals surface area contributed by atoms with Gasteiger partial charge in [0, 0.05) is 18.8 Å². The lowest BCUT2D eigenvalue weighted by atomic mass is 10.1.